The number of hydrogen-bond acceptors (Lipinski definition) is 2. The van der Waals surface area contributed by atoms with Crippen LogP contribution in [-0.2, 0) is 6.18 Å². The predicted octanol–water partition coefficient (Wildman–Crippen LogP) is 3.75. The van der Waals surface area contributed by atoms with Crippen LogP contribution in [0.2, 0.25) is 5.02 Å². The quantitative estimate of drug-likeness (QED) is 0.889. The minimum absolute atomic E-state index is 0. The second-order valence-electron chi connectivity index (χ2n) is 4.70. The topological polar surface area (TPSA) is 15.3 Å². The van der Waals surface area contributed by atoms with Gasteiger partial charge in [-0.2, -0.15) is 13.2 Å². The van der Waals surface area contributed by atoms with Crippen molar-refractivity contribution >= 4 is 24.0 Å². The van der Waals surface area contributed by atoms with E-state index < -0.39 is 11.7 Å². The summed E-state index contributed by atoms with van der Waals surface area (Å²) < 4.78 is 38.2. The monoisotopic (exact) mass is 328 g/mol. The van der Waals surface area contributed by atoms with Gasteiger partial charge in [0.25, 0.3) is 0 Å². The highest BCUT2D eigenvalue weighted by atomic mass is 35.5. The summed E-state index contributed by atoms with van der Waals surface area (Å²) in [6.45, 7) is 5.22. The van der Waals surface area contributed by atoms with Crippen molar-refractivity contribution in [3.8, 4) is 0 Å². The van der Waals surface area contributed by atoms with Crippen LogP contribution in [0.5, 0.6) is 0 Å². The van der Waals surface area contributed by atoms with Crippen LogP contribution in [0.15, 0.2) is 18.2 Å². The molecule has 2 nitrogen and oxygen atoms in total. The maximum absolute atomic E-state index is 12.7. The summed E-state index contributed by atoms with van der Waals surface area (Å²) in [5, 5.41) is 3.60. The first-order valence-corrected chi connectivity index (χ1v) is 6.59. The molecule has 2 rings (SSSR count). The van der Waals surface area contributed by atoms with Crippen LogP contribution >= 0.6 is 24.0 Å². The number of rotatable bonds is 2. The molecule has 1 aromatic carbocycles. The second-order valence-corrected chi connectivity index (χ2v) is 5.10. The standard InChI is InChI=1S/C13H16ClF3N2.ClH/c1-9(19-6-4-18-5-7-19)11-8-10(13(15,16)17)2-3-12(11)14;/h2-3,8-9,18H,4-7H2,1H3;1H/t9-;/m0./s1. The lowest BCUT2D eigenvalue weighted by Crippen LogP contribution is -2.44. The van der Waals surface area contributed by atoms with Gasteiger partial charge in [0.1, 0.15) is 0 Å². The molecule has 0 radical (unpaired) electrons. The number of nitrogens with zero attached hydrogens (tertiary/aromatic N) is 1. The zero-order valence-corrected chi connectivity index (χ0v) is 12.6. The van der Waals surface area contributed by atoms with Crippen molar-refractivity contribution in [3.63, 3.8) is 0 Å². The third-order valence-electron chi connectivity index (χ3n) is 3.47. The van der Waals surface area contributed by atoms with Gasteiger partial charge in [-0.25, -0.2) is 0 Å². The van der Waals surface area contributed by atoms with E-state index in [2.05, 4.69) is 10.2 Å². The molecule has 1 saturated heterocycles. The van der Waals surface area contributed by atoms with E-state index in [1.165, 1.54) is 6.07 Å². The molecule has 114 valence electrons. The van der Waals surface area contributed by atoms with Crippen LogP contribution in [0.3, 0.4) is 0 Å². The largest absolute Gasteiger partial charge is 0.416 e. The lowest BCUT2D eigenvalue weighted by molar-refractivity contribution is -0.137. The molecule has 0 unspecified atom stereocenters. The highest BCUT2D eigenvalue weighted by molar-refractivity contribution is 6.31. The maximum Gasteiger partial charge on any atom is 0.416 e. The third-order valence-corrected chi connectivity index (χ3v) is 3.82. The van der Waals surface area contributed by atoms with Gasteiger partial charge in [0.15, 0.2) is 0 Å². The molecule has 0 spiro atoms. The number of nitrogens with one attached hydrogen (secondary N) is 1. The van der Waals surface area contributed by atoms with Gasteiger partial charge in [-0.15, -0.1) is 12.4 Å². The van der Waals surface area contributed by atoms with Crippen molar-refractivity contribution in [2.75, 3.05) is 26.2 Å². The van der Waals surface area contributed by atoms with Crippen LogP contribution in [0.25, 0.3) is 0 Å². The molecule has 0 saturated carbocycles. The van der Waals surface area contributed by atoms with Crippen LogP contribution in [0.4, 0.5) is 13.2 Å². The van der Waals surface area contributed by atoms with E-state index in [0.717, 1.165) is 38.3 Å². The molecule has 0 bridgehead atoms. The fourth-order valence-electron chi connectivity index (χ4n) is 2.31. The molecular weight excluding hydrogens is 312 g/mol. The number of hydrogen-bond donors (Lipinski definition) is 1. The smallest absolute Gasteiger partial charge is 0.314 e. The molecule has 0 aromatic heterocycles. The van der Waals surface area contributed by atoms with Crippen molar-refractivity contribution < 1.29 is 13.2 Å². The lowest BCUT2D eigenvalue weighted by Gasteiger charge is -2.33. The van der Waals surface area contributed by atoms with E-state index in [4.69, 9.17) is 11.6 Å². The van der Waals surface area contributed by atoms with Gasteiger partial charge < -0.3 is 5.32 Å². The van der Waals surface area contributed by atoms with Crippen LogP contribution < -0.4 is 5.32 Å². The molecule has 20 heavy (non-hydrogen) atoms. The fourth-order valence-corrected chi connectivity index (χ4v) is 2.58. The van der Waals surface area contributed by atoms with E-state index in [-0.39, 0.29) is 18.4 Å². The van der Waals surface area contributed by atoms with Gasteiger partial charge in [-0.1, -0.05) is 11.6 Å². The molecule has 1 aliphatic heterocycles. The lowest BCUT2D eigenvalue weighted by atomic mass is 10.0. The first-order valence-electron chi connectivity index (χ1n) is 6.21. The highest BCUT2D eigenvalue weighted by Gasteiger charge is 2.32. The first kappa shape index (κ1) is 17.6. The van der Waals surface area contributed by atoms with Gasteiger partial charge in [0, 0.05) is 37.2 Å². The molecule has 1 atom stereocenters. The van der Waals surface area contributed by atoms with Crippen molar-refractivity contribution in [2.24, 2.45) is 0 Å². The number of piperazine rings is 1. The summed E-state index contributed by atoms with van der Waals surface area (Å²) in [5.74, 6) is 0. The Morgan fingerprint density at radius 3 is 2.40 bits per heavy atom. The summed E-state index contributed by atoms with van der Waals surface area (Å²) in [5.41, 5.74) is -0.104. The van der Waals surface area contributed by atoms with E-state index in [1.807, 2.05) is 6.92 Å². The Balaban J connectivity index is 0.00000200. The second kappa shape index (κ2) is 6.98. The minimum atomic E-state index is -4.33. The van der Waals surface area contributed by atoms with Crippen LogP contribution in [0.1, 0.15) is 24.1 Å². The number of alkyl halides is 3. The molecule has 1 aromatic rings. The Morgan fingerprint density at radius 2 is 1.85 bits per heavy atom. The van der Waals surface area contributed by atoms with Gasteiger partial charge in [-0.3, -0.25) is 4.90 Å². The first-order chi connectivity index (χ1) is 8.89. The molecule has 1 aliphatic rings. The Labute approximate surface area is 127 Å². The molecule has 1 heterocycles. The average Bonchev–Trinajstić information content (AvgIpc) is 2.38. The number of halogens is 5. The highest BCUT2D eigenvalue weighted by Crippen LogP contribution is 2.35. The zero-order chi connectivity index (χ0) is 14.0. The zero-order valence-electron chi connectivity index (χ0n) is 11.0. The van der Waals surface area contributed by atoms with Crippen molar-refractivity contribution in [3.05, 3.63) is 34.3 Å². The SMILES string of the molecule is C[C@@H](c1cc(C(F)(F)F)ccc1Cl)N1CCNCC1.Cl. The Hall–Kier alpha value is -0.490. The van der Waals surface area contributed by atoms with Crippen molar-refractivity contribution in [1.82, 2.24) is 10.2 Å². The van der Waals surface area contributed by atoms with E-state index in [0.29, 0.717) is 10.6 Å². The molecule has 7 heteroatoms. The van der Waals surface area contributed by atoms with Crippen LogP contribution in [-0.4, -0.2) is 31.1 Å². The predicted molar refractivity (Wildman–Crippen MR) is 76.6 cm³/mol. The molecule has 0 aliphatic carbocycles. The summed E-state index contributed by atoms with van der Waals surface area (Å²) in [6.07, 6.45) is -4.33. The van der Waals surface area contributed by atoms with Crippen molar-refractivity contribution in [1.29, 1.82) is 0 Å². The normalized spacial score (nSPS) is 18.4. The molecule has 1 fully saturated rings. The maximum atomic E-state index is 12.7. The third kappa shape index (κ3) is 4.01. The van der Waals surface area contributed by atoms with E-state index >= 15 is 0 Å². The number of benzene rings is 1. The molecule has 1 N–H and O–H groups in total. The minimum Gasteiger partial charge on any atom is -0.314 e. The van der Waals surface area contributed by atoms with Gasteiger partial charge in [0.2, 0.25) is 0 Å². The van der Waals surface area contributed by atoms with E-state index in [9.17, 15) is 13.2 Å². The Morgan fingerprint density at radius 1 is 1.25 bits per heavy atom. The van der Waals surface area contributed by atoms with Gasteiger partial charge >= 0.3 is 6.18 Å². The summed E-state index contributed by atoms with van der Waals surface area (Å²) >= 11 is 6.05. The summed E-state index contributed by atoms with van der Waals surface area (Å²) in [6, 6.07) is 3.40. The average molecular weight is 329 g/mol. The Kier molecular flexibility index (Phi) is 6.13. The van der Waals surface area contributed by atoms with Gasteiger partial charge in [-0.05, 0) is 30.7 Å². The van der Waals surface area contributed by atoms with Crippen LogP contribution in [0, 0.1) is 0 Å². The van der Waals surface area contributed by atoms with Crippen molar-refractivity contribution in [2.45, 2.75) is 19.1 Å². The fraction of sp³-hybridized carbons (Fsp3) is 0.538. The van der Waals surface area contributed by atoms with Gasteiger partial charge in [0.05, 0.1) is 5.56 Å². The molecular formula is C13H17Cl2F3N2. The summed E-state index contributed by atoms with van der Waals surface area (Å²) in [7, 11) is 0. The summed E-state index contributed by atoms with van der Waals surface area (Å²) in [4.78, 5) is 2.14. The van der Waals surface area contributed by atoms with E-state index in [1.54, 1.807) is 0 Å². The molecule has 0 amide bonds. The Bertz CT molecular complexity index is 446.